The molecule has 0 bridgehead atoms. The quantitative estimate of drug-likeness (QED) is 0.943. The zero-order valence-electron chi connectivity index (χ0n) is 14.2. The van der Waals surface area contributed by atoms with Crippen LogP contribution in [-0.4, -0.2) is 41.5 Å². The van der Waals surface area contributed by atoms with Gasteiger partial charge in [0, 0.05) is 37.6 Å². The van der Waals surface area contributed by atoms with E-state index in [1.807, 2.05) is 59.3 Å². The van der Waals surface area contributed by atoms with Gasteiger partial charge in [0.2, 0.25) is 0 Å². The van der Waals surface area contributed by atoms with Gasteiger partial charge in [-0.15, -0.1) is 0 Å². The standard InChI is InChI=1S/C19H24N4O/c1-14-12-16(20)10-11-23(14)19(24)15-8-9-18(21-13-15)22(2)17-6-4-3-5-7-17/h3-9,13-14,16H,10-12,20H2,1-2H3/t14-,16-/m1/s1. The van der Waals surface area contributed by atoms with Crippen molar-refractivity contribution in [2.45, 2.75) is 31.8 Å². The minimum absolute atomic E-state index is 0.0378. The molecule has 0 radical (unpaired) electrons. The summed E-state index contributed by atoms with van der Waals surface area (Å²) in [5.74, 6) is 0.849. The van der Waals surface area contributed by atoms with Crippen molar-refractivity contribution in [3.8, 4) is 0 Å². The molecular formula is C19H24N4O. The van der Waals surface area contributed by atoms with Crippen LogP contribution in [0.25, 0.3) is 0 Å². The lowest BCUT2D eigenvalue weighted by molar-refractivity contribution is 0.0618. The Labute approximate surface area is 143 Å². The second-order valence-electron chi connectivity index (χ2n) is 6.43. The Balaban J connectivity index is 1.73. The van der Waals surface area contributed by atoms with Crippen molar-refractivity contribution >= 4 is 17.4 Å². The van der Waals surface area contributed by atoms with Crippen LogP contribution in [0.2, 0.25) is 0 Å². The normalized spacial score (nSPS) is 20.7. The van der Waals surface area contributed by atoms with Crippen molar-refractivity contribution < 1.29 is 4.79 Å². The smallest absolute Gasteiger partial charge is 0.255 e. The third-order valence-electron chi connectivity index (χ3n) is 4.66. The molecule has 1 saturated heterocycles. The molecular weight excluding hydrogens is 300 g/mol. The minimum atomic E-state index is 0.0378. The van der Waals surface area contributed by atoms with E-state index in [0.29, 0.717) is 12.1 Å². The maximum Gasteiger partial charge on any atom is 0.255 e. The SMILES string of the molecule is C[C@@H]1C[C@H](N)CCN1C(=O)c1ccc(N(C)c2ccccc2)nc1. The summed E-state index contributed by atoms with van der Waals surface area (Å²) >= 11 is 0. The maximum atomic E-state index is 12.7. The Morgan fingerprint density at radius 1 is 1.25 bits per heavy atom. The number of carbonyl (C=O) groups is 1. The second-order valence-corrected chi connectivity index (χ2v) is 6.43. The third-order valence-corrected chi connectivity index (χ3v) is 4.66. The fourth-order valence-corrected chi connectivity index (χ4v) is 3.17. The van der Waals surface area contributed by atoms with Crippen LogP contribution in [0.15, 0.2) is 48.7 Å². The molecule has 1 fully saturated rings. The number of likely N-dealkylation sites (tertiary alicyclic amines) is 1. The van der Waals surface area contributed by atoms with E-state index < -0.39 is 0 Å². The number of hydrogen-bond donors (Lipinski definition) is 1. The van der Waals surface area contributed by atoms with Gasteiger partial charge >= 0.3 is 0 Å². The van der Waals surface area contributed by atoms with Crippen LogP contribution < -0.4 is 10.6 Å². The molecule has 1 aromatic carbocycles. The Morgan fingerprint density at radius 2 is 2.00 bits per heavy atom. The lowest BCUT2D eigenvalue weighted by atomic mass is 9.98. The van der Waals surface area contributed by atoms with E-state index in [1.54, 1.807) is 6.20 Å². The summed E-state index contributed by atoms with van der Waals surface area (Å²) in [6.45, 7) is 2.77. The molecule has 1 amide bonds. The van der Waals surface area contributed by atoms with Gasteiger partial charge in [0.15, 0.2) is 0 Å². The maximum absolute atomic E-state index is 12.7. The molecule has 1 aromatic heterocycles. The summed E-state index contributed by atoms with van der Waals surface area (Å²) in [6.07, 6.45) is 3.38. The van der Waals surface area contributed by atoms with E-state index in [-0.39, 0.29) is 18.0 Å². The van der Waals surface area contributed by atoms with Crippen LogP contribution in [0.1, 0.15) is 30.1 Å². The first-order valence-corrected chi connectivity index (χ1v) is 8.37. The van der Waals surface area contributed by atoms with E-state index in [9.17, 15) is 4.79 Å². The number of amides is 1. The number of pyridine rings is 1. The number of hydrogen-bond acceptors (Lipinski definition) is 4. The fourth-order valence-electron chi connectivity index (χ4n) is 3.17. The number of benzene rings is 1. The first kappa shape index (κ1) is 16.5. The highest BCUT2D eigenvalue weighted by molar-refractivity contribution is 5.94. The van der Waals surface area contributed by atoms with Crippen molar-refractivity contribution in [1.29, 1.82) is 0 Å². The molecule has 126 valence electrons. The van der Waals surface area contributed by atoms with Crippen molar-refractivity contribution in [2.75, 3.05) is 18.5 Å². The van der Waals surface area contributed by atoms with E-state index in [1.165, 1.54) is 0 Å². The topological polar surface area (TPSA) is 62.5 Å². The zero-order valence-corrected chi connectivity index (χ0v) is 14.2. The number of rotatable bonds is 3. The van der Waals surface area contributed by atoms with Crippen LogP contribution in [0, 0.1) is 0 Å². The van der Waals surface area contributed by atoms with Gasteiger partial charge < -0.3 is 15.5 Å². The Kier molecular flexibility index (Phi) is 4.81. The summed E-state index contributed by atoms with van der Waals surface area (Å²) in [6, 6.07) is 14.1. The molecule has 5 heteroatoms. The van der Waals surface area contributed by atoms with Crippen molar-refractivity contribution in [2.24, 2.45) is 5.73 Å². The summed E-state index contributed by atoms with van der Waals surface area (Å²) in [5.41, 5.74) is 7.66. The van der Waals surface area contributed by atoms with Crippen molar-refractivity contribution in [3.63, 3.8) is 0 Å². The van der Waals surface area contributed by atoms with Gasteiger partial charge in [-0.25, -0.2) is 4.98 Å². The number of anilines is 2. The van der Waals surface area contributed by atoms with Gasteiger partial charge in [0.25, 0.3) is 5.91 Å². The highest BCUT2D eigenvalue weighted by atomic mass is 16.2. The Morgan fingerprint density at radius 3 is 2.62 bits per heavy atom. The van der Waals surface area contributed by atoms with Gasteiger partial charge in [0.05, 0.1) is 5.56 Å². The number of para-hydroxylation sites is 1. The first-order valence-electron chi connectivity index (χ1n) is 8.37. The second kappa shape index (κ2) is 7.01. The summed E-state index contributed by atoms with van der Waals surface area (Å²) < 4.78 is 0. The average molecular weight is 324 g/mol. The molecule has 3 rings (SSSR count). The van der Waals surface area contributed by atoms with Gasteiger partial charge in [-0.05, 0) is 44.0 Å². The number of aromatic nitrogens is 1. The molecule has 0 spiro atoms. The van der Waals surface area contributed by atoms with E-state index in [2.05, 4.69) is 11.9 Å². The predicted octanol–water partition coefficient (Wildman–Crippen LogP) is 2.80. The highest BCUT2D eigenvalue weighted by Crippen LogP contribution is 2.22. The Bertz CT molecular complexity index is 686. The van der Waals surface area contributed by atoms with E-state index in [0.717, 1.165) is 24.3 Å². The molecule has 2 aromatic rings. The highest BCUT2D eigenvalue weighted by Gasteiger charge is 2.27. The summed E-state index contributed by atoms with van der Waals surface area (Å²) in [4.78, 5) is 21.1. The molecule has 2 heterocycles. The number of carbonyl (C=O) groups excluding carboxylic acids is 1. The van der Waals surface area contributed by atoms with Crippen LogP contribution >= 0.6 is 0 Å². The predicted molar refractivity (Wildman–Crippen MR) is 96.4 cm³/mol. The minimum Gasteiger partial charge on any atom is -0.336 e. The molecule has 2 N–H and O–H groups in total. The molecule has 0 aliphatic carbocycles. The Hall–Kier alpha value is -2.40. The zero-order chi connectivity index (χ0) is 17.1. The fraction of sp³-hybridized carbons (Fsp3) is 0.368. The molecule has 0 unspecified atom stereocenters. The number of piperidine rings is 1. The number of nitrogens with zero attached hydrogens (tertiary/aromatic N) is 3. The van der Waals surface area contributed by atoms with Crippen LogP contribution in [0.5, 0.6) is 0 Å². The molecule has 1 aliphatic rings. The van der Waals surface area contributed by atoms with Crippen molar-refractivity contribution in [1.82, 2.24) is 9.88 Å². The van der Waals surface area contributed by atoms with E-state index >= 15 is 0 Å². The van der Waals surface area contributed by atoms with Gasteiger partial charge in [-0.2, -0.15) is 0 Å². The van der Waals surface area contributed by atoms with Gasteiger partial charge in [0.1, 0.15) is 5.82 Å². The molecule has 5 nitrogen and oxygen atoms in total. The molecule has 2 atom stereocenters. The average Bonchev–Trinajstić information content (AvgIpc) is 2.61. The largest absolute Gasteiger partial charge is 0.336 e. The van der Waals surface area contributed by atoms with E-state index in [4.69, 9.17) is 5.73 Å². The molecule has 24 heavy (non-hydrogen) atoms. The van der Waals surface area contributed by atoms with Crippen LogP contribution in [-0.2, 0) is 0 Å². The first-order chi connectivity index (χ1) is 11.6. The monoisotopic (exact) mass is 324 g/mol. The lowest BCUT2D eigenvalue weighted by Gasteiger charge is -2.36. The van der Waals surface area contributed by atoms with Gasteiger partial charge in [-0.3, -0.25) is 4.79 Å². The number of nitrogens with two attached hydrogens (primary N) is 1. The van der Waals surface area contributed by atoms with Gasteiger partial charge in [-0.1, -0.05) is 18.2 Å². The molecule has 0 saturated carbocycles. The van der Waals surface area contributed by atoms with Crippen LogP contribution in [0.4, 0.5) is 11.5 Å². The third kappa shape index (κ3) is 3.41. The van der Waals surface area contributed by atoms with Crippen LogP contribution in [0.3, 0.4) is 0 Å². The summed E-state index contributed by atoms with van der Waals surface area (Å²) in [5, 5.41) is 0. The molecule has 1 aliphatic heterocycles. The van der Waals surface area contributed by atoms with Crippen molar-refractivity contribution in [3.05, 3.63) is 54.2 Å². The summed E-state index contributed by atoms with van der Waals surface area (Å²) in [7, 11) is 1.97. The lowest BCUT2D eigenvalue weighted by Crippen LogP contribution is -2.48.